The van der Waals surface area contributed by atoms with E-state index in [1.165, 1.54) is 18.2 Å². The number of hydrogen-bond donors (Lipinski definition) is 2. The highest BCUT2D eigenvalue weighted by Crippen LogP contribution is 2.43. The number of fused-ring (bicyclic) bond motifs is 4. The summed E-state index contributed by atoms with van der Waals surface area (Å²) in [4.78, 5) is 35.4. The molecule has 2 aromatic rings. The van der Waals surface area contributed by atoms with Gasteiger partial charge in [-0.05, 0) is 30.4 Å². The predicted molar refractivity (Wildman–Crippen MR) is 98.7 cm³/mol. The standard InChI is InChI=1S/C19H20BN3O4/c1-2-18-21-9-14-16(22-18)8-13-4-6-17(14)23(13)19(25)11-3-5-15(20(26)27)12(7-11)10-24/h3,5,7,9-10,13,17,26-27H,2,4,6,8H2,1H3. The van der Waals surface area contributed by atoms with Crippen LogP contribution in [0.25, 0.3) is 0 Å². The number of aryl methyl sites for hydroxylation is 1. The van der Waals surface area contributed by atoms with Gasteiger partial charge in [0.05, 0.1) is 11.7 Å². The van der Waals surface area contributed by atoms with Crippen LogP contribution in [0.2, 0.25) is 0 Å². The minimum absolute atomic E-state index is 0.0556. The van der Waals surface area contributed by atoms with Crippen molar-refractivity contribution in [1.29, 1.82) is 0 Å². The van der Waals surface area contributed by atoms with Crippen molar-refractivity contribution < 1.29 is 19.6 Å². The van der Waals surface area contributed by atoms with Crippen molar-refractivity contribution in [2.45, 2.75) is 44.7 Å². The van der Waals surface area contributed by atoms with E-state index in [1.807, 2.05) is 18.0 Å². The number of carbonyl (C=O) groups excluding carboxylic acids is 2. The molecule has 3 heterocycles. The van der Waals surface area contributed by atoms with Gasteiger partial charge in [-0.3, -0.25) is 9.59 Å². The number of amides is 1. The summed E-state index contributed by atoms with van der Waals surface area (Å²) in [7, 11) is -1.75. The average Bonchev–Trinajstić information content (AvgIpc) is 3.00. The number of carbonyl (C=O) groups is 2. The highest BCUT2D eigenvalue weighted by Gasteiger charge is 2.43. The lowest BCUT2D eigenvalue weighted by Crippen LogP contribution is -2.42. The number of benzene rings is 1. The van der Waals surface area contributed by atoms with Crippen LogP contribution in [0.1, 0.15) is 63.6 Å². The molecule has 2 aliphatic rings. The Labute approximate surface area is 157 Å². The van der Waals surface area contributed by atoms with E-state index in [2.05, 4.69) is 9.97 Å². The molecule has 138 valence electrons. The van der Waals surface area contributed by atoms with E-state index in [-0.39, 0.29) is 29.0 Å². The fourth-order valence-electron chi connectivity index (χ4n) is 4.19. The first-order valence-electron chi connectivity index (χ1n) is 9.16. The zero-order chi connectivity index (χ0) is 19.1. The van der Waals surface area contributed by atoms with Crippen LogP contribution in [0.3, 0.4) is 0 Å². The Kier molecular flexibility index (Phi) is 4.53. The van der Waals surface area contributed by atoms with Gasteiger partial charge in [0.15, 0.2) is 0 Å². The Morgan fingerprint density at radius 1 is 1.37 bits per heavy atom. The van der Waals surface area contributed by atoms with Gasteiger partial charge in [-0.2, -0.15) is 0 Å². The SMILES string of the molecule is CCc1ncc2c(n1)CC1CCC2N1C(=O)c1ccc(B(O)O)c(C=O)c1. The molecule has 0 spiro atoms. The highest BCUT2D eigenvalue weighted by molar-refractivity contribution is 6.60. The Balaban J connectivity index is 1.68. The van der Waals surface area contributed by atoms with Gasteiger partial charge in [0, 0.05) is 41.8 Å². The molecule has 1 fully saturated rings. The molecule has 4 rings (SSSR count). The normalized spacial score (nSPS) is 20.3. The van der Waals surface area contributed by atoms with Crippen LogP contribution in [0.5, 0.6) is 0 Å². The zero-order valence-corrected chi connectivity index (χ0v) is 15.0. The minimum Gasteiger partial charge on any atom is -0.423 e. The number of hydrogen-bond acceptors (Lipinski definition) is 6. The van der Waals surface area contributed by atoms with Crippen molar-refractivity contribution in [3.63, 3.8) is 0 Å². The van der Waals surface area contributed by atoms with E-state index < -0.39 is 7.12 Å². The Hall–Kier alpha value is -2.58. The second-order valence-electron chi connectivity index (χ2n) is 7.04. The molecule has 2 aliphatic heterocycles. The van der Waals surface area contributed by atoms with Crippen molar-refractivity contribution in [3.8, 4) is 0 Å². The first kappa shape index (κ1) is 17.8. The molecule has 1 aromatic carbocycles. The van der Waals surface area contributed by atoms with Gasteiger partial charge in [0.1, 0.15) is 12.1 Å². The van der Waals surface area contributed by atoms with Gasteiger partial charge in [-0.1, -0.05) is 13.0 Å². The largest absolute Gasteiger partial charge is 0.489 e. The van der Waals surface area contributed by atoms with Crippen molar-refractivity contribution in [2.24, 2.45) is 0 Å². The molecular weight excluding hydrogens is 345 g/mol. The predicted octanol–water partition coefficient (Wildman–Crippen LogP) is 0.433. The molecule has 7 nitrogen and oxygen atoms in total. The summed E-state index contributed by atoms with van der Waals surface area (Å²) in [6, 6.07) is 4.40. The summed E-state index contributed by atoms with van der Waals surface area (Å²) in [5, 5.41) is 18.7. The second kappa shape index (κ2) is 6.86. The van der Waals surface area contributed by atoms with Crippen LogP contribution in [0.4, 0.5) is 0 Å². The lowest BCUT2D eigenvalue weighted by atomic mass is 9.76. The summed E-state index contributed by atoms with van der Waals surface area (Å²) in [5.74, 6) is 0.663. The monoisotopic (exact) mass is 365 g/mol. The number of rotatable bonds is 4. The van der Waals surface area contributed by atoms with E-state index in [4.69, 9.17) is 0 Å². The van der Waals surface area contributed by atoms with E-state index in [0.717, 1.165) is 36.3 Å². The Morgan fingerprint density at radius 2 is 2.19 bits per heavy atom. The molecule has 2 atom stereocenters. The van der Waals surface area contributed by atoms with Gasteiger partial charge in [0.25, 0.3) is 5.91 Å². The Morgan fingerprint density at radius 3 is 2.89 bits per heavy atom. The smallest absolute Gasteiger partial charge is 0.423 e. The fraction of sp³-hybridized carbons (Fsp3) is 0.368. The molecule has 0 saturated carbocycles. The van der Waals surface area contributed by atoms with Crippen molar-refractivity contribution in [3.05, 3.63) is 52.6 Å². The van der Waals surface area contributed by atoms with Crippen LogP contribution >= 0.6 is 0 Å². The summed E-state index contributed by atoms with van der Waals surface area (Å²) < 4.78 is 0. The minimum atomic E-state index is -1.75. The summed E-state index contributed by atoms with van der Waals surface area (Å²) in [6.45, 7) is 2.02. The molecule has 1 aromatic heterocycles. The fourth-order valence-corrected chi connectivity index (χ4v) is 4.19. The lowest BCUT2D eigenvalue weighted by molar-refractivity contribution is 0.0643. The van der Waals surface area contributed by atoms with Crippen molar-refractivity contribution in [1.82, 2.24) is 14.9 Å². The first-order chi connectivity index (χ1) is 13.0. The van der Waals surface area contributed by atoms with Crippen molar-refractivity contribution in [2.75, 3.05) is 0 Å². The van der Waals surface area contributed by atoms with Gasteiger partial charge in [-0.25, -0.2) is 9.97 Å². The third kappa shape index (κ3) is 2.94. The number of nitrogens with zero attached hydrogens (tertiary/aromatic N) is 3. The van der Waals surface area contributed by atoms with E-state index >= 15 is 0 Å². The molecule has 27 heavy (non-hydrogen) atoms. The number of aldehydes is 1. The second-order valence-corrected chi connectivity index (χ2v) is 7.04. The molecule has 0 radical (unpaired) electrons. The molecule has 0 aliphatic carbocycles. The number of aromatic nitrogens is 2. The van der Waals surface area contributed by atoms with E-state index in [1.54, 1.807) is 0 Å². The maximum atomic E-state index is 13.2. The van der Waals surface area contributed by atoms with E-state index in [0.29, 0.717) is 18.3 Å². The highest BCUT2D eigenvalue weighted by atomic mass is 16.4. The maximum Gasteiger partial charge on any atom is 0.489 e. The Bertz CT molecular complexity index is 918. The quantitative estimate of drug-likeness (QED) is 0.602. The summed E-state index contributed by atoms with van der Waals surface area (Å²) in [6.07, 6.45) is 5.64. The van der Waals surface area contributed by atoms with Crippen LogP contribution in [0.15, 0.2) is 24.4 Å². The van der Waals surface area contributed by atoms with Gasteiger partial charge in [-0.15, -0.1) is 0 Å². The third-order valence-corrected chi connectivity index (χ3v) is 5.53. The summed E-state index contributed by atoms with van der Waals surface area (Å²) >= 11 is 0. The van der Waals surface area contributed by atoms with Gasteiger partial charge < -0.3 is 14.9 Å². The molecular formula is C19H20BN3O4. The molecule has 2 bridgehead atoms. The topological polar surface area (TPSA) is 104 Å². The zero-order valence-electron chi connectivity index (χ0n) is 15.0. The van der Waals surface area contributed by atoms with Crippen LogP contribution in [-0.4, -0.2) is 50.3 Å². The van der Waals surface area contributed by atoms with Gasteiger partial charge >= 0.3 is 7.12 Å². The molecule has 1 amide bonds. The van der Waals surface area contributed by atoms with E-state index in [9.17, 15) is 19.6 Å². The van der Waals surface area contributed by atoms with Crippen molar-refractivity contribution >= 4 is 24.8 Å². The van der Waals surface area contributed by atoms with Crippen LogP contribution in [-0.2, 0) is 12.8 Å². The summed E-state index contributed by atoms with van der Waals surface area (Å²) in [5.41, 5.74) is 2.61. The lowest BCUT2D eigenvalue weighted by Gasteiger charge is -2.36. The molecule has 1 saturated heterocycles. The van der Waals surface area contributed by atoms with Crippen LogP contribution < -0.4 is 5.46 Å². The molecule has 2 unspecified atom stereocenters. The first-order valence-corrected chi connectivity index (χ1v) is 9.16. The van der Waals surface area contributed by atoms with Crippen LogP contribution in [0, 0.1) is 0 Å². The maximum absolute atomic E-state index is 13.2. The average molecular weight is 365 g/mol. The third-order valence-electron chi connectivity index (χ3n) is 5.53. The van der Waals surface area contributed by atoms with Gasteiger partial charge in [0.2, 0.25) is 0 Å². The molecule has 8 heteroatoms. The molecule has 2 N–H and O–H groups in total.